The number of likely N-dealkylation sites (tertiary alicyclic amines) is 1. The monoisotopic (exact) mass is 289 g/mol. The van der Waals surface area contributed by atoms with Crippen LogP contribution >= 0.6 is 0 Å². The van der Waals surface area contributed by atoms with Crippen LogP contribution in [0.4, 0.5) is 5.69 Å². The fraction of sp³-hybridized carbons (Fsp3) is 0.588. The van der Waals surface area contributed by atoms with E-state index in [1.54, 1.807) is 0 Å². The van der Waals surface area contributed by atoms with Crippen molar-refractivity contribution in [2.45, 2.75) is 39.8 Å². The molecule has 3 atom stereocenters. The molecule has 0 aromatic heterocycles. The van der Waals surface area contributed by atoms with Crippen molar-refractivity contribution in [2.75, 3.05) is 18.4 Å². The smallest absolute Gasteiger partial charge is 0.241 e. The summed E-state index contributed by atoms with van der Waals surface area (Å²) in [5.41, 5.74) is 7.48. The number of benzene rings is 1. The minimum Gasteiger partial charge on any atom is -0.326 e. The molecule has 0 bridgehead atoms. The molecule has 1 aliphatic heterocycles. The predicted molar refractivity (Wildman–Crippen MR) is 86.9 cm³/mol. The van der Waals surface area contributed by atoms with Crippen molar-refractivity contribution in [1.29, 1.82) is 0 Å². The highest BCUT2D eigenvalue weighted by Gasteiger charge is 2.28. The predicted octanol–water partition coefficient (Wildman–Crippen LogP) is 2.45. The van der Waals surface area contributed by atoms with Crippen LogP contribution in [0.3, 0.4) is 0 Å². The Morgan fingerprint density at radius 3 is 2.38 bits per heavy atom. The molecule has 1 fully saturated rings. The quantitative estimate of drug-likeness (QED) is 0.895. The topological polar surface area (TPSA) is 58.4 Å². The molecule has 1 aromatic rings. The van der Waals surface area contributed by atoms with E-state index in [1.165, 1.54) is 6.42 Å². The van der Waals surface area contributed by atoms with E-state index in [1.807, 2.05) is 31.2 Å². The van der Waals surface area contributed by atoms with E-state index >= 15 is 0 Å². The van der Waals surface area contributed by atoms with Crippen LogP contribution in [0.15, 0.2) is 24.3 Å². The average molecular weight is 289 g/mol. The molecule has 0 radical (unpaired) electrons. The van der Waals surface area contributed by atoms with Crippen LogP contribution in [0.2, 0.25) is 0 Å². The van der Waals surface area contributed by atoms with Gasteiger partial charge in [-0.1, -0.05) is 26.0 Å². The van der Waals surface area contributed by atoms with E-state index in [4.69, 9.17) is 5.73 Å². The van der Waals surface area contributed by atoms with Gasteiger partial charge in [0.15, 0.2) is 0 Å². The van der Waals surface area contributed by atoms with Crippen LogP contribution in [0.5, 0.6) is 0 Å². The number of carbonyl (C=O) groups excluding carboxylic acids is 1. The van der Waals surface area contributed by atoms with Crippen LogP contribution in [-0.4, -0.2) is 29.9 Å². The Bertz CT molecular complexity index is 461. The Hall–Kier alpha value is -1.39. The molecule has 116 valence electrons. The number of hydrogen-bond acceptors (Lipinski definition) is 3. The number of hydrogen-bond donors (Lipinski definition) is 2. The standard InChI is InChI=1S/C17H27N3O/c1-12-8-13(2)11-20(10-12)14(3)17(21)19-16-6-4-15(9-18)5-7-16/h4-7,12-14H,8-11,18H2,1-3H3,(H,19,21). The summed E-state index contributed by atoms with van der Waals surface area (Å²) in [5, 5.41) is 3.00. The van der Waals surface area contributed by atoms with Crippen molar-refractivity contribution < 1.29 is 4.79 Å². The number of nitrogens with two attached hydrogens (primary N) is 1. The summed E-state index contributed by atoms with van der Waals surface area (Å²) in [4.78, 5) is 14.7. The first-order valence-corrected chi connectivity index (χ1v) is 7.83. The maximum absolute atomic E-state index is 12.4. The van der Waals surface area contributed by atoms with Gasteiger partial charge < -0.3 is 11.1 Å². The Morgan fingerprint density at radius 2 is 1.86 bits per heavy atom. The van der Waals surface area contributed by atoms with Crippen molar-refractivity contribution in [3.05, 3.63) is 29.8 Å². The Morgan fingerprint density at radius 1 is 1.29 bits per heavy atom. The highest BCUT2D eigenvalue weighted by molar-refractivity contribution is 5.94. The van der Waals surface area contributed by atoms with Crippen LogP contribution in [0.1, 0.15) is 32.8 Å². The summed E-state index contributed by atoms with van der Waals surface area (Å²) in [5.74, 6) is 1.39. The van der Waals surface area contributed by atoms with E-state index in [9.17, 15) is 4.79 Å². The summed E-state index contributed by atoms with van der Waals surface area (Å²) in [6.07, 6.45) is 1.26. The lowest BCUT2D eigenvalue weighted by Gasteiger charge is -2.38. The molecule has 4 nitrogen and oxygen atoms in total. The molecule has 2 rings (SSSR count). The molecule has 21 heavy (non-hydrogen) atoms. The normalized spacial score (nSPS) is 24.6. The first-order valence-electron chi connectivity index (χ1n) is 7.83. The second-order valence-corrected chi connectivity index (χ2v) is 6.47. The fourth-order valence-corrected chi connectivity index (χ4v) is 3.16. The zero-order valence-electron chi connectivity index (χ0n) is 13.3. The van der Waals surface area contributed by atoms with Crippen LogP contribution < -0.4 is 11.1 Å². The van der Waals surface area contributed by atoms with Gasteiger partial charge in [0.2, 0.25) is 5.91 Å². The lowest BCUT2D eigenvalue weighted by Crippen LogP contribution is -2.48. The number of anilines is 1. The summed E-state index contributed by atoms with van der Waals surface area (Å²) in [6.45, 7) is 9.05. The molecule has 1 heterocycles. The molecule has 3 unspecified atom stereocenters. The van der Waals surface area contributed by atoms with E-state index in [0.717, 1.165) is 24.3 Å². The maximum Gasteiger partial charge on any atom is 0.241 e. The third-order valence-corrected chi connectivity index (χ3v) is 4.28. The first-order chi connectivity index (χ1) is 9.99. The first kappa shape index (κ1) is 16.0. The van der Waals surface area contributed by atoms with Crippen LogP contribution in [-0.2, 0) is 11.3 Å². The molecule has 0 spiro atoms. The largest absolute Gasteiger partial charge is 0.326 e. The van der Waals surface area contributed by atoms with Gasteiger partial charge in [-0.2, -0.15) is 0 Å². The number of rotatable bonds is 4. The van der Waals surface area contributed by atoms with Crippen LogP contribution in [0.25, 0.3) is 0 Å². The van der Waals surface area contributed by atoms with Crippen molar-refractivity contribution in [3.63, 3.8) is 0 Å². The minimum atomic E-state index is -0.0932. The third kappa shape index (κ3) is 4.29. The van der Waals surface area contributed by atoms with Crippen LogP contribution in [0, 0.1) is 11.8 Å². The van der Waals surface area contributed by atoms with Gasteiger partial charge >= 0.3 is 0 Å². The lowest BCUT2D eigenvalue weighted by atomic mass is 9.91. The molecule has 1 amide bonds. The highest BCUT2D eigenvalue weighted by Crippen LogP contribution is 2.23. The number of amides is 1. The van der Waals surface area contributed by atoms with E-state index in [-0.39, 0.29) is 11.9 Å². The second-order valence-electron chi connectivity index (χ2n) is 6.47. The Kier molecular flexibility index (Phi) is 5.37. The minimum absolute atomic E-state index is 0.0665. The number of nitrogens with one attached hydrogen (secondary N) is 1. The zero-order chi connectivity index (χ0) is 15.4. The van der Waals surface area contributed by atoms with Gasteiger partial charge in [0.05, 0.1) is 6.04 Å². The SMILES string of the molecule is CC1CC(C)CN(C(C)C(=O)Nc2ccc(CN)cc2)C1. The van der Waals surface area contributed by atoms with E-state index in [0.29, 0.717) is 18.4 Å². The molecule has 1 aliphatic rings. The summed E-state index contributed by atoms with van der Waals surface area (Å²) in [6, 6.07) is 7.63. The molecule has 0 aliphatic carbocycles. The van der Waals surface area contributed by atoms with E-state index in [2.05, 4.69) is 24.1 Å². The second kappa shape index (κ2) is 7.05. The molecule has 3 N–H and O–H groups in total. The molecular formula is C17H27N3O. The molecular weight excluding hydrogens is 262 g/mol. The Balaban J connectivity index is 1.95. The van der Waals surface area contributed by atoms with Crippen molar-refractivity contribution in [2.24, 2.45) is 17.6 Å². The molecule has 4 heteroatoms. The highest BCUT2D eigenvalue weighted by atomic mass is 16.2. The van der Waals surface area contributed by atoms with Gasteiger partial charge in [-0.25, -0.2) is 0 Å². The summed E-state index contributed by atoms with van der Waals surface area (Å²) >= 11 is 0. The zero-order valence-corrected chi connectivity index (χ0v) is 13.3. The van der Waals surface area contributed by atoms with Gasteiger partial charge in [-0.3, -0.25) is 9.69 Å². The maximum atomic E-state index is 12.4. The lowest BCUT2D eigenvalue weighted by molar-refractivity contribution is -0.121. The molecule has 1 saturated heterocycles. The molecule has 0 saturated carbocycles. The molecule has 1 aromatic carbocycles. The van der Waals surface area contributed by atoms with Gasteiger partial charge in [-0.15, -0.1) is 0 Å². The van der Waals surface area contributed by atoms with Gasteiger partial charge in [-0.05, 0) is 42.9 Å². The summed E-state index contributed by atoms with van der Waals surface area (Å²) < 4.78 is 0. The third-order valence-electron chi connectivity index (χ3n) is 4.28. The van der Waals surface area contributed by atoms with Crippen molar-refractivity contribution >= 4 is 11.6 Å². The average Bonchev–Trinajstić information content (AvgIpc) is 2.46. The number of nitrogens with zero attached hydrogens (tertiary/aromatic N) is 1. The van der Waals surface area contributed by atoms with Gasteiger partial charge in [0.1, 0.15) is 0 Å². The van der Waals surface area contributed by atoms with Crippen molar-refractivity contribution in [1.82, 2.24) is 4.90 Å². The summed E-state index contributed by atoms with van der Waals surface area (Å²) in [7, 11) is 0. The number of carbonyl (C=O) groups is 1. The van der Waals surface area contributed by atoms with E-state index < -0.39 is 0 Å². The fourth-order valence-electron chi connectivity index (χ4n) is 3.16. The number of piperidine rings is 1. The Labute approximate surface area is 127 Å². The van der Waals surface area contributed by atoms with Gasteiger partial charge in [0.25, 0.3) is 0 Å². The van der Waals surface area contributed by atoms with Crippen molar-refractivity contribution in [3.8, 4) is 0 Å². The van der Waals surface area contributed by atoms with Gasteiger partial charge in [0, 0.05) is 25.3 Å².